The third kappa shape index (κ3) is 6.94. The summed E-state index contributed by atoms with van der Waals surface area (Å²) in [6, 6.07) is 18.0. The van der Waals surface area contributed by atoms with Crippen molar-refractivity contribution in [2.24, 2.45) is 0 Å². The summed E-state index contributed by atoms with van der Waals surface area (Å²) in [4.78, 5) is 27.5. The van der Waals surface area contributed by atoms with E-state index in [0.29, 0.717) is 15.8 Å². The van der Waals surface area contributed by atoms with Gasteiger partial charge in [-0.25, -0.2) is 8.42 Å². The van der Waals surface area contributed by atoms with Crippen LogP contribution in [0.15, 0.2) is 77.7 Å². The van der Waals surface area contributed by atoms with Gasteiger partial charge in [0.1, 0.15) is 18.3 Å². The highest BCUT2D eigenvalue weighted by molar-refractivity contribution is 7.92. The molecule has 196 valence electrons. The third-order valence-corrected chi connectivity index (χ3v) is 7.98. The molecule has 3 aromatic rings. The molecule has 0 fully saturated rings. The number of likely N-dealkylation sites (N-methyl/N-ethyl adjacent to an activating group) is 1. The first-order chi connectivity index (χ1) is 17.6. The van der Waals surface area contributed by atoms with Crippen molar-refractivity contribution in [3.05, 3.63) is 88.4 Å². The lowest BCUT2D eigenvalue weighted by molar-refractivity contribution is -0.139. The van der Waals surface area contributed by atoms with E-state index in [4.69, 9.17) is 27.9 Å². The quantitative estimate of drug-likeness (QED) is 0.395. The van der Waals surface area contributed by atoms with E-state index in [1.165, 1.54) is 42.3 Å². The molecule has 37 heavy (non-hydrogen) atoms. The summed E-state index contributed by atoms with van der Waals surface area (Å²) in [5, 5.41) is 3.21. The van der Waals surface area contributed by atoms with Crippen LogP contribution in [0.3, 0.4) is 0 Å². The van der Waals surface area contributed by atoms with E-state index in [-0.39, 0.29) is 17.1 Å². The van der Waals surface area contributed by atoms with E-state index in [0.717, 1.165) is 9.87 Å². The minimum absolute atomic E-state index is 0.0503. The van der Waals surface area contributed by atoms with Crippen molar-refractivity contribution in [2.75, 3.05) is 25.0 Å². The molecule has 0 spiro atoms. The molecule has 0 bridgehead atoms. The Morgan fingerprint density at radius 3 is 2.19 bits per heavy atom. The van der Waals surface area contributed by atoms with Crippen LogP contribution < -0.4 is 14.4 Å². The fourth-order valence-electron chi connectivity index (χ4n) is 3.61. The minimum Gasteiger partial charge on any atom is -0.497 e. The van der Waals surface area contributed by atoms with Crippen LogP contribution in [0.4, 0.5) is 5.69 Å². The number of nitrogens with zero attached hydrogens (tertiary/aromatic N) is 2. The number of benzene rings is 3. The van der Waals surface area contributed by atoms with Crippen molar-refractivity contribution >= 4 is 50.7 Å². The molecule has 0 saturated heterocycles. The normalized spacial score (nSPS) is 11.9. The highest BCUT2D eigenvalue weighted by atomic mass is 35.5. The SMILES string of the molecule is CNC(=O)[C@H](C)N(Cc1ccc(OC)cc1)C(=O)CN(c1cccc(Cl)c1)S(=O)(=O)c1ccc(Cl)cc1. The van der Waals surface area contributed by atoms with Crippen molar-refractivity contribution in [1.82, 2.24) is 10.2 Å². The monoisotopic (exact) mass is 563 g/mol. The second-order valence-electron chi connectivity index (χ2n) is 8.11. The Bertz CT molecular complexity index is 1350. The average Bonchev–Trinajstić information content (AvgIpc) is 2.89. The Morgan fingerprint density at radius 1 is 0.973 bits per heavy atom. The highest BCUT2D eigenvalue weighted by Gasteiger charge is 2.32. The maximum atomic E-state index is 13.7. The zero-order valence-electron chi connectivity index (χ0n) is 20.5. The molecule has 0 aliphatic heterocycles. The fraction of sp³-hybridized carbons (Fsp3) is 0.231. The molecule has 0 aromatic heterocycles. The lowest BCUT2D eigenvalue weighted by Gasteiger charge is -2.31. The summed E-state index contributed by atoms with van der Waals surface area (Å²) >= 11 is 12.1. The standard InChI is InChI=1S/C26H27Cl2N3O5S/c1-18(26(33)29-2)30(16-19-7-11-23(36-3)12-8-19)25(32)17-31(22-6-4-5-21(28)15-22)37(34,35)24-13-9-20(27)10-14-24/h4-15,18H,16-17H2,1-3H3,(H,29,33)/t18-/m0/s1. The Balaban J connectivity index is 2.01. The zero-order valence-corrected chi connectivity index (χ0v) is 22.8. The smallest absolute Gasteiger partial charge is 0.264 e. The first-order valence-electron chi connectivity index (χ1n) is 11.2. The third-order valence-electron chi connectivity index (χ3n) is 5.70. The van der Waals surface area contributed by atoms with Crippen LogP contribution in [-0.4, -0.2) is 51.9 Å². The first-order valence-corrected chi connectivity index (χ1v) is 13.4. The van der Waals surface area contributed by atoms with Crippen LogP contribution in [0.1, 0.15) is 12.5 Å². The number of amides is 2. The average molecular weight is 564 g/mol. The summed E-state index contributed by atoms with van der Waals surface area (Å²) in [6.07, 6.45) is 0. The maximum absolute atomic E-state index is 13.7. The second-order valence-corrected chi connectivity index (χ2v) is 10.8. The molecular formula is C26H27Cl2N3O5S. The molecule has 3 aromatic carbocycles. The van der Waals surface area contributed by atoms with Crippen LogP contribution in [0, 0.1) is 0 Å². The number of sulfonamides is 1. The maximum Gasteiger partial charge on any atom is 0.264 e. The Hall–Kier alpha value is -3.27. The zero-order chi connectivity index (χ0) is 27.2. The molecule has 1 N–H and O–H groups in total. The van der Waals surface area contributed by atoms with E-state index in [1.807, 2.05) is 0 Å². The van der Waals surface area contributed by atoms with Gasteiger partial charge in [-0.2, -0.15) is 0 Å². The topological polar surface area (TPSA) is 96.0 Å². The summed E-state index contributed by atoms with van der Waals surface area (Å²) in [6.45, 7) is 1.09. The van der Waals surface area contributed by atoms with Crippen LogP contribution in [0.2, 0.25) is 10.0 Å². The van der Waals surface area contributed by atoms with Gasteiger partial charge in [0.05, 0.1) is 17.7 Å². The molecular weight excluding hydrogens is 537 g/mol. The molecule has 11 heteroatoms. The number of hydrogen-bond donors (Lipinski definition) is 1. The van der Waals surface area contributed by atoms with Gasteiger partial charge in [-0.3, -0.25) is 13.9 Å². The number of rotatable bonds is 10. The molecule has 0 heterocycles. The van der Waals surface area contributed by atoms with Crippen LogP contribution in [-0.2, 0) is 26.2 Å². The number of hydrogen-bond acceptors (Lipinski definition) is 5. The summed E-state index contributed by atoms with van der Waals surface area (Å²) in [7, 11) is -1.18. The highest BCUT2D eigenvalue weighted by Crippen LogP contribution is 2.27. The van der Waals surface area contributed by atoms with Gasteiger partial charge in [-0.15, -0.1) is 0 Å². The van der Waals surface area contributed by atoms with Gasteiger partial charge in [-0.1, -0.05) is 41.4 Å². The largest absolute Gasteiger partial charge is 0.497 e. The van der Waals surface area contributed by atoms with Gasteiger partial charge in [-0.05, 0) is 67.1 Å². The molecule has 0 radical (unpaired) electrons. The van der Waals surface area contributed by atoms with Gasteiger partial charge in [0.2, 0.25) is 11.8 Å². The summed E-state index contributed by atoms with van der Waals surface area (Å²) < 4.78 is 33.5. The number of nitrogens with one attached hydrogen (secondary N) is 1. The Labute approximate surface area is 226 Å². The van der Waals surface area contributed by atoms with Crippen LogP contribution >= 0.6 is 23.2 Å². The number of methoxy groups -OCH3 is 1. The van der Waals surface area contributed by atoms with Gasteiger partial charge < -0.3 is 15.0 Å². The van der Waals surface area contributed by atoms with Crippen LogP contribution in [0.5, 0.6) is 5.75 Å². The van der Waals surface area contributed by atoms with Crippen molar-refractivity contribution in [1.29, 1.82) is 0 Å². The second kappa shape index (κ2) is 12.3. The van der Waals surface area contributed by atoms with E-state index in [1.54, 1.807) is 56.5 Å². The van der Waals surface area contributed by atoms with Crippen molar-refractivity contribution in [3.63, 3.8) is 0 Å². The molecule has 8 nitrogen and oxygen atoms in total. The number of carbonyl (C=O) groups is 2. The lowest BCUT2D eigenvalue weighted by Crippen LogP contribution is -2.50. The molecule has 0 aliphatic carbocycles. The fourth-order valence-corrected chi connectivity index (χ4v) is 5.33. The van der Waals surface area contributed by atoms with E-state index < -0.39 is 34.4 Å². The van der Waals surface area contributed by atoms with Crippen molar-refractivity contribution in [2.45, 2.75) is 24.4 Å². The number of anilines is 1. The molecule has 0 saturated carbocycles. The number of halogens is 2. The van der Waals surface area contributed by atoms with Gasteiger partial charge >= 0.3 is 0 Å². The molecule has 1 atom stereocenters. The van der Waals surface area contributed by atoms with E-state index in [2.05, 4.69) is 5.32 Å². The lowest BCUT2D eigenvalue weighted by atomic mass is 10.1. The van der Waals surface area contributed by atoms with Crippen molar-refractivity contribution in [3.8, 4) is 5.75 Å². The first kappa shape index (κ1) is 28.3. The van der Waals surface area contributed by atoms with Gasteiger partial charge in [0.25, 0.3) is 10.0 Å². The van der Waals surface area contributed by atoms with Crippen molar-refractivity contribution < 1.29 is 22.7 Å². The Morgan fingerprint density at radius 2 is 1.62 bits per heavy atom. The number of ether oxygens (including phenoxy) is 1. The molecule has 3 rings (SSSR count). The number of carbonyl (C=O) groups excluding carboxylic acids is 2. The predicted octanol–water partition coefficient (Wildman–Crippen LogP) is 4.36. The predicted molar refractivity (Wildman–Crippen MR) is 145 cm³/mol. The molecule has 2 amide bonds. The van der Waals surface area contributed by atoms with Gasteiger partial charge in [0, 0.05) is 23.6 Å². The van der Waals surface area contributed by atoms with Gasteiger partial charge in [0.15, 0.2) is 0 Å². The molecule has 0 unspecified atom stereocenters. The summed E-state index contributed by atoms with van der Waals surface area (Å²) in [5.74, 6) is -0.330. The van der Waals surface area contributed by atoms with Crippen LogP contribution in [0.25, 0.3) is 0 Å². The summed E-state index contributed by atoms with van der Waals surface area (Å²) in [5.41, 5.74) is 0.938. The minimum atomic E-state index is -4.20. The van der Waals surface area contributed by atoms with E-state index in [9.17, 15) is 18.0 Å². The molecule has 0 aliphatic rings. The Kier molecular flexibility index (Phi) is 9.42. The van der Waals surface area contributed by atoms with E-state index >= 15 is 0 Å².